The van der Waals surface area contributed by atoms with Crippen molar-refractivity contribution >= 4 is 57.4 Å². The minimum absolute atomic E-state index is 0. The van der Waals surface area contributed by atoms with Crippen LogP contribution in [0.15, 0.2) is 23.3 Å². The van der Waals surface area contributed by atoms with Crippen molar-refractivity contribution in [2.45, 2.75) is 25.8 Å². The topological polar surface area (TPSA) is 89.9 Å². The standard InChI is InChI=1S/C18H29ClN6O2S.HI/c1-3-20-18(22-11-14-6-10-25(12-14)28(2,26)27)23-15-7-9-24(13-15)17-16(19)5-4-8-21-17;/h4-5,8,14-15H,3,6-7,9-13H2,1-2H3,(H2,20,22,23);1H. The largest absolute Gasteiger partial charge is 0.357 e. The van der Waals surface area contributed by atoms with E-state index in [1.165, 1.54) is 6.26 Å². The molecule has 2 fully saturated rings. The molecule has 3 heterocycles. The fourth-order valence-electron chi connectivity index (χ4n) is 3.66. The Kier molecular flexibility index (Phi) is 9.23. The molecule has 3 rings (SSSR count). The highest BCUT2D eigenvalue weighted by molar-refractivity contribution is 14.0. The SMILES string of the molecule is CCNC(=NCC1CCN(S(C)(=O)=O)C1)NC1CCN(c2ncccc2Cl)C1.I. The average Bonchev–Trinajstić information content (AvgIpc) is 3.29. The number of pyridine rings is 1. The lowest BCUT2D eigenvalue weighted by Gasteiger charge is -2.20. The van der Waals surface area contributed by atoms with Gasteiger partial charge in [-0.1, -0.05) is 11.6 Å². The monoisotopic (exact) mass is 556 g/mol. The van der Waals surface area contributed by atoms with Crippen molar-refractivity contribution < 1.29 is 8.42 Å². The fourth-order valence-corrected chi connectivity index (χ4v) is 4.82. The number of rotatable bonds is 6. The number of guanidine groups is 1. The summed E-state index contributed by atoms with van der Waals surface area (Å²) in [6.07, 6.45) is 4.85. The minimum atomic E-state index is -3.11. The van der Waals surface area contributed by atoms with E-state index in [-0.39, 0.29) is 35.9 Å². The van der Waals surface area contributed by atoms with E-state index in [1.54, 1.807) is 10.5 Å². The normalized spacial score (nSPS) is 23.1. The predicted molar refractivity (Wildman–Crippen MR) is 129 cm³/mol. The van der Waals surface area contributed by atoms with Gasteiger partial charge in [0.05, 0.1) is 11.3 Å². The van der Waals surface area contributed by atoms with E-state index >= 15 is 0 Å². The van der Waals surface area contributed by atoms with Gasteiger partial charge < -0.3 is 15.5 Å². The van der Waals surface area contributed by atoms with Crippen LogP contribution in [0.3, 0.4) is 0 Å². The first kappa shape index (κ1) is 24.4. The summed E-state index contributed by atoms with van der Waals surface area (Å²) in [5.74, 6) is 1.86. The van der Waals surface area contributed by atoms with Crippen LogP contribution in [-0.2, 0) is 10.0 Å². The van der Waals surface area contributed by atoms with Crippen LogP contribution in [0.4, 0.5) is 5.82 Å². The van der Waals surface area contributed by atoms with Gasteiger partial charge in [0, 0.05) is 51.5 Å². The molecule has 0 aromatic carbocycles. The molecule has 2 aliphatic heterocycles. The summed E-state index contributed by atoms with van der Waals surface area (Å²) in [4.78, 5) is 11.3. The number of aliphatic imine (C=N–C) groups is 1. The van der Waals surface area contributed by atoms with Crippen LogP contribution in [0.25, 0.3) is 0 Å². The molecule has 2 N–H and O–H groups in total. The van der Waals surface area contributed by atoms with Crippen LogP contribution in [0, 0.1) is 5.92 Å². The Morgan fingerprint density at radius 3 is 2.79 bits per heavy atom. The maximum atomic E-state index is 11.7. The lowest BCUT2D eigenvalue weighted by Crippen LogP contribution is -2.45. The molecule has 164 valence electrons. The molecular formula is C18H30ClIN6O2S. The Morgan fingerprint density at radius 2 is 2.14 bits per heavy atom. The molecular weight excluding hydrogens is 527 g/mol. The summed E-state index contributed by atoms with van der Waals surface area (Å²) in [6.45, 7) is 6.26. The van der Waals surface area contributed by atoms with Gasteiger partial charge in [0.1, 0.15) is 5.82 Å². The van der Waals surface area contributed by atoms with Crippen molar-refractivity contribution in [3.8, 4) is 0 Å². The molecule has 0 amide bonds. The first-order valence-corrected chi connectivity index (χ1v) is 11.9. The van der Waals surface area contributed by atoms with Crippen molar-refractivity contribution in [2.24, 2.45) is 10.9 Å². The molecule has 0 aliphatic carbocycles. The van der Waals surface area contributed by atoms with Gasteiger partial charge in [0.2, 0.25) is 10.0 Å². The zero-order valence-corrected chi connectivity index (χ0v) is 20.7. The van der Waals surface area contributed by atoms with Crippen LogP contribution in [0.1, 0.15) is 19.8 Å². The molecule has 8 nitrogen and oxygen atoms in total. The van der Waals surface area contributed by atoms with Gasteiger partial charge in [-0.25, -0.2) is 17.7 Å². The first-order valence-electron chi connectivity index (χ1n) is 9.72. The second-order valence-electron chi connectivity index (χ2n) is 7.38. The molecule has 2 unspecified atom stereocenters. The molecule has 0 bridgehead atoms. The number of hydrogen-bond donors (Lipinski definition) is 2. The van der Waals surface area contributed by atoms with Crippen LogP contribution >= 0.6 is 35.6 Å². The third-order valence-corrected chi connectivity index (χ3v) is 6.70. The summed E-state index contributed by atoms with van der Waals surface area (Å²) >= 11 is 6.27. The van der Waals surface area contributed by atoms with Crippen LogP contribution in [0.2, 0.25) is 5.02 Å². The van der Waals surface area contributed by atoms with Crippen molar-refractivity contribution in [3.05, 3.63) is 23.4 Å². The van der Waals surface area contributed by atoms with E-state index in [2.05, 4.69) is 20.5 Å². The molecule has 0 radical (unpaired) electrons. The summed E-state index contributed by atoms with van der Waals surface area (Å²) in [5.41, 5.74) is 0. The Hall–Kier alpha value is -0.850. The highest BCUT2D eigenvalue weighted by Crippen LogP contribution is 2.25. The Bertz CT molecular complexity index is 809. The second-order valence-corrected chi connectivity index (χ2v) is 9.77. The van der Waals surface area contributed by atoms with Gasteiger partial charge in [-0.15, -0.1) is 24.0 Å². The maximum absolute atomic E-state index is 11.7. The zero-order chi connectivity index (χ0) is 20.1. The van der Waals surface area contributed by atoms with Crippen molar-refractivity contribution in [1.29, 1.82) is 0 Å². The first-order chi connectivity index (χ1) is 13.4. The highest BCUT2D eigenvalue weighted by atomic mass is 127. The molecule has 0 spiro atoms. The third kappa shape index (κ3) is 6.83. The van der Waals surface area contributed by atoms with E-state index in [1.807, 2.05) is 19.1 Å². The number of halogens is 2. The van der Waals surface area contributed by atoms with Gasteiger partial charge in [-0.05, 0) is 37.8 Å². The minimum Gasteiger partial charge on any atom is -0.357 e. The van der Waals surface area contributed by atoms with Crippen molar-refractivity contribution in [3.63, 3.8) is 0 Å². The lowest BCUT2D eigenvalue weighted by atomic mass is 10.1. The molecule has 2 atom stereocenters. The molecule has 11 heteroatoms. The zero-order valence-electron chi connectivity index (χ0n) is 16.8. The van der Waals surface area contributed by atoms with E-state index in [4.69, 9.17) is 16.6 Å². The quantitative estimate of drug-likeness (QED) is 0.315. The van der Waals surface area contributed by atoms with Gasteiger partial charge in [-0.3, -0.25) is 4.99 Å². The van der Waals surface area contributed by atoms with Crippen LogP contribution < -0.4 is 15.5 Å². The summed E-state index contributed by atoms with van der Waals surface area (Å²) in [7, 11) is -3.11. The predicted octanol–water partition coefficient (Wildman–Crippen LogP) is 1.77. The van der Waals surface area contributed by atoms with E-state index in [0.717, 1.165) is 44.3 Å². The van der Waals surface area contributed by atoms with E-state index < -0.39 is 10.0 Å². The average molecular weight is 557 g/mol. The van der Waals surface area contributed by atoms with Crippen molar-refractivity contribution in [2.75, 3.05) is 50.4 Å². The molecule has 2 saturated heterocycles. The number of sulfonamides is 1. The molecule has 1 aromatic heterocycles. The summed E-state index contributed by atoms with van der Waals surface area (Å²) < 4.78 is 24.9. The van der Waals surface area contributed by atoms with Gasteiger partial charge >= 0.3 is 0 Å². The Balaban J connectivity index is 0.00000300. The van der Waals surface area contributed by atoms with Gasteiger partial charge in [0.25, 0.3) is 0 Å². The summed E-state index contributed by atoms with van der Waals surface area (Å²) in [5, 5.41) is 7.45. The van der Waals surface area contributed by atoms with E-state index in [0.29, 0.717) is 24.7 Å². The molecule has 29 heavy (non-hydrogen) atoms. The molecule has 0 saturated carbocycles. The Morgan fingerprint density at radius 1 is 1.34 bits per heavy atom. The third-order valence-electron chi connectivity index (χ3n) is 5.14. The fraction of sp³-hybridized carbons (Fsp3) is 0.667. The number of aromatic nitrogens is 1. The Labute approximate surface area is 195 Å². The number of anilines is 1. The number of nitrogens with zero attached hydrogens (tertiary/aromatic N) is 4. The van der Waals surface area contributed by atoms with E-state index in [9.17, 15) is 8.42 Å². The van der Waals surface area contributed by atoms with Gasteiger partial charge in [0.15, 0.2) is 5.96 Å². The summed E-state index contributed by atoms with van der Waals surface area (Å²) in [6, 6.07) is 3.95. The van der Waals surface area contributed by atoms with Crippen molar-refractivity contribution in [1.82, 2.24) is 19.9 Å². The molecule has 2 aliphatic rings. The number of nitrogens with one attached hydrogen (secondary N) is 2. The number of hydrogen-bond acceptors (Lipinski definition) is 5. The second kappa shape index (κ2) is 11.0. The highest BCUT2D eigenvalue weighted by Gasteiger charge is 2.29. The van der Waals surface area contributed by atoms with Gasteiger partial charge in [-0.2, -0.15) is 0 Å². The molecule has 1 aromatic rings. The van der Waals surface area contributed by atoms with Crippen LogP contribution in [0.5, 0.6) is 0 Å². The smallest absolute Gasteiger partial charge is 0.211 e. The maximum Gasteiger partial charge on any atom is 0.211 e. The van der Waals surface area contributed by atoms with Crippen LogP contribution in [-0.4, -0.2) is 75.2 Å². The lowest BCUT2D eigenvalue weighted by molar-refractivity contribution is 0.463.